The molecule has 2 aromatic rings. The Balaban J connectivity index is 2.08. The number of amidine groups is 1. The molecule has 9 nitrogen and oxygen atoms in total. The third-order valence-corrected chi connectivity index (χ3v) is 3.64. The summed E-state index contributed by atoms with van der Waals surface area (Å²) in [4.78, 5) is 34.5. The van der Waals surface area contributed by atoms with E-state index < -0.39 is 17.4 Å². The molecule has 0 aliphatic carbocycles. The molecule has 26 heavy (non-hydrogen) atoms. The topological polar surface area (TPSA) is 162 Å². The fourth-order valence-corrected chi connectivity index (χ4v) is 2.24. The second-order valence-corrected chi connectivity index (χ2v) is 5.59. The normalized spacial score (nSPS) is 10.3. The van der Waals surface area contributed by atoms with Crippen molar-refractivity contribution >= 4 is 17.7 Å². The highest BCUT2D eigenvalue weighted by Crippen LogP contribution is 2.17. The number of amides is 1. The molecule has 0 saturated carbocycles. The van der Waals surface area contributed by atoms with Crippen LogP contribution in [0.5, 0.6) is 0 Å². The van der Waals surface area contributed by atoms with Crippen molar-refractivity contribution in [2.75, 3.05) is 6.54 Å². The Morgan fingerprint density at radius 3 is 2.54 bits per heavy atom. The maximum absolute atomic E-state index is 12.2. The Kier molecular flexibility index (Phi) is 6.20. The first kappa shape index (κ1) is 18.8. The minimum absolute atomic E-state index is 0.0338. The van der Waals surface area contributed by atoms with Gasteiger partial charge in [0.1, 0.15) is 11.4 Å². The number of rotatable bonds is 8. The van der Waals surface area contributed by atoms with Crippen LogP contribution < -0.4 is 16.6 Å². The van der Waals surface area contributed by atoms with E-state index in [0.29, 0.717) is 29.7 Å². The first-order valence-corrected chi connectivity index (χ1v) is 7.93. The molecule has 0 spiro atoms. The standard InChI is InChI=1S/C17H19N5O4/c18-15(19)11-6-4-10(5-7-11)13-9-12(17(26)22-21-13)16(25)20-8-2-1-3-14(23)24/h4-7,9H,1-3,8H2,(H3,18,19)(H,20,25)(H,22,26)(H,23,24). The van der Waals surface area contributed by atoms with Gasteiger partial charge in [0, 0.05) is 24.1 Å². The lowest BCUT2D eigenvalue weighted by Gasteiger charge is -2.06. The summed E-state index contributed by atoms with van der Waals surface area (Å²) in [6, 6.07) is 8.05. The molecular weight excluding hydrogens is 338 g/mol. The molecule has 0 aliphatic rings. The van der Waals surface area contributed by atoms with Crippen LogP contribution in [0, 0.1) is 5.41 Å². The lowest BCUT2D eigenvalue weighted by Crippen LogP contribution is -2.30. The molecule has 9 heteroatoms. The summed E-state index contributed by atoms with van der Waals surface area (Å²) in [6.45, 7) is 0.274. The fraction of sp³-hybridized carbons (Fsp3) is 0.235. The monoisotopic (exact) mass is 357 g/mol. The third-order valence-electron chi connectivity index (χ3n) is 3.64. The number of nitrogens with zero attached hydrogens (tertiary/aromatic N) is 1. The number of unbranched alkanes of at least 4 members (excludes halogenated alkanes) is 1. The number of nitrogen functional groups attached to an aromatic ring is 1. The number of carbonyl (C=O) groups excluding carboxylic acids is 1. The molecule has 0 saturated heterocycles. The van der Waals surface area contributed by atoms with E-state index in [-0.39, 0.29) is 24.4 Å². The van der Waals surface area contributed by atoms with Crippen LogP contribution in [0.3, 0.4) is 0 Å². The minimum atomic E-state index is -0.887. The van der Waals surface area contributed by atoms with Crippen molar-refractivity contribution in [2.24, 2.45) is 5.73 Å². The molecule has 0 unspecified atom stereocenters. The number of hydrogen-bond acceptors (Lipinski definition) is 5. The third kappa shape index (κ3) is 5.00. The number of H-pyrrole nitrogens is 1. The summed E-state index contributed by atoms with van der Waals surface area (Å²) in [6.07, 6.45) is 0.975. The molecule has 1 aromatic carbocycles. The Morgan fingerprint density at radius 1 is 1.23 bits per heavy atom. The maximum atomic E-state index is 12.2. The Morgan fingerprint density at radius 2 is 1.92 bits per heavy atom. The van der Waals surface area contributed by atoms with Gasteiger partial charge >= 0.3 is 5.97 Å². The summed E-state index contributed by atoms with van der Waals surface area (Å²) in [5.74, 6) is -1.50. The Labute approximate surface area is 148 Å². The lowest BCUT2D eigenvalue weighted by molar-refractivity contribution is -0.137. The van der Waals surface area contributed by atoms with Crippen molar-refractivity contribution in [1.29, 1.82) is 5.41 Å². The van der Waals surface area contributed by atoms with Gasteiger partial charge in [0.2, 0.25) is 0 Å². The predicted molar refractivity (Wildman–Crippen MR) is 95.1 cm³/mol. The summed E-state index contributed by atoms with van der Waals surface area (Å²) < 4.78 is 0. The molecular formula is C17H19N5O4. The van der Waals surface area contributed by atoms with Gasteiger partial charge in [-0.3, -0.25) is 19.8 Å². The maximum Gasteiger partial charge on any atom is 0.303 e. The number of benzene rings is 1. The van der Waals surface area contributed by atoms with Gasteiger partial charge in [-0.1, -0.05) is 24.3 Å². The number of aromatic amines is 1. The summed E-state index contributed by atoms with van der Waals surface area (Å²) >= 11 is 0. The molecule has 0 aliphatic heterocycles. The highest BCUT2D eigenvalue weighted by Gasteiger charge is 2.13. The largest absolute Gasteiger partial charge is 0.481 e. The van der Waals surface area contributed by atoms with Crippen LogP contribution in [0.4, 0.5) is 0 Å². The summed E-state index contributed by atoms with van der Waals surface area (Å²) in [7, 11) is 0. The highest BCUT2D eigenvalue weighted by atomic mass is 16.4. The predicted octanol–water partition coefficient (Wildman–Crippen LogP) is 0.706. The number of carboxylic acid groups (broad SMARTS) is 1. The van der Waals surface area contributed by atoms with Crippen LogP contribution >= 0.6 is 0 Å². The van der Waals surface area contributed by atoms with Gasteiger partial charge in [-0.25, -0.2) is 5.10 Å². The average Bonchev–Trinajstić information content (AvgIpc) is 2.61. The number of nitrogens with two attached hydrogens (primary N) is 1. The highest BCUT2D eigenvalue weighted by molar-refractivity contribution is 5.96. The summed E-state index contributed by atoms with van der Waals surface area (Å²) in [5, 5.41) is 24.8. The van der Waals surface area contributed by atoms with Crippen LogP contribution in [0.25, 0.3) is 11.3 Å². The van der Waals surface area contributed by atoms with Gasteiger partial charge in [-0.2, -0.15) is 5.10 Å². The number of carbonyl (C=O) groups is 2. The molecule has 0 bridgehead atoms. The zero-order valence-electron chi connectivity index (χ0n) is 13.9. The molecule has 1 heterocycles. The first-order chi connectivity index (χ1) is 12.4. The van der Waals surface area contributed by atoms with Gasteiger partial charge in [0.15, 0.2) is 0 Å². The molecule has 136 valence electrons. The lowest BCUT2D eigenvalue weighted by atomic mass is 10.1. The fourth-order valence-electron chi connectivity index (χ4n) is 2.24. The van der Waals surface area contributed by atoms with E-state index in [9.17, 15) is 14.4 Å². The van der Waals surface area contributed by atoms with E-state index in [1.807, 2.05) is 0 Å². The quantitative estimate of drug-likeness (QED) is 0.265. The zero-order valence-corrected chi connectivity index (χ0v) is 13.9. The number of aromatic nitrogens is 2. The van der Waals surface area contributed by atoms with E-state index in [1.165, 1.54) is 6.07 Å². The summed E-state index contributed by atoms with van der Waals surface area (Å²) in [5.41, 5.74) is 6.32. The number of nitrogens with one attached hydrogen (secondary N) is 3. The second kappa shape index (κ2) is 8.56. The van der Waals surface area contributed by atoms with Crippen LogP contribution in [-0.2, 0) is 4.79 Å². The van der Waals surface area contributed by atoms with Crippen molar-refractivity contribution in [2.45, 2.75) is 19.3 Å². The van der Waals surface area contributed by atoms with Gasteiger partial charge in [-0.15, -0.1) is 0 Å². The van der Waals surface area contributed by atoms with Crippen LogP contribution in [0.15, 0.2) is 35.1 Å². The molecule has 6 N–H and O–H groups in total. The van der Waals surface area contributed by atoms with Crippen molar-refractivity contribution in [3.8, 4) is 11.3 Å². The number of aliphatic carboxylic acids is 1. The molecule has 1 amide bonds. The average molecular weight is 357 g/mol. The molecule has 1 aromatic heterocycles. The first-order valence-electron chi connectivity index (χ1n) is 7.93. The van der Waals surface area contributed by atoms with E-state index >= 15 is 0 Å². The Bertz CT molecular complexity index is 873. The second-order valence-electron chi connectivity index (χ2n) is 5.59. The van der Waals surface area contributed by atoms with Gasteiger partial charge in [0.05, 0.1) is 5.69 Å². The van der Waals surface area contributed by atoms with E-state index in [4.69, 9.17) is 16.2 Å². The van der Waals surface area contributed by atoms with Crippen molar-refractivity contribution in [1.82, 2.24) is 15.5 Å². The molecule has 0 radical (unpaired) electrons. The number of hydrogen-bond donors (Lipinski definition) is 5. The number of carboxylic acids is 1. The van der Waals surface area contributed by atoms with E-state index in [0.717, 1.165) is 0 Å². The zero-order chi connectivity index (χ0) is 19.1. The van der Waals surface area contributed by atoms with E-state index in [1.54, 1.807) is 24.3 Å². The van der Waals surface area contributed by atoms with Crippen LogP contribution in [0.2, 0.25) is 0 Å². The van der Waals surface area contributed by atoms with Crippen molar-refractivity contribution in [3.05, 3.63) is 51.8 Å². The molecule has 0 atom stereocenters. The van der Waals surface area contributed by atoms with Crippen molar-refractivity contribution < 1.29 is 14.7 Å². The minimum Gasteiger partial charge on any atom is -0.481 e. The van der Waals surface area contributed by atoms with Gasteiger partial charge in [-0.05, 0) is 18.9 Å². The van der Waals surface area contributed by atoms with Crippen molar-refractivity contribution in [3.63, 3.8) is 0 Å². The van der Waals surface area contributed by atoms with Crippen LogP contribution in [-0.4, -0.2) is 39.6 Å². The van der Waals surface area contributed by atoms with E-state index in [2.05, 4.69) is 15.5 Å². The van der Waals surface area contributed by atoms with Crippen LogP contribution in [0.1, 0.15) is 35.2 Å². The van der Waals surface area contributed by atoms with Gasteiger partial charge < -0.3 is 16.2 Å². The smallest absolute Gasteiger partial charge is 0.303 e. The van der Waals surface area contributed by atoms with Gasteiger partial charge in [0.25, 0.3) is 11.5 Å². The Hall–Kier alpha value is -3.49. The SMILES string of the molecule is N=C(N)c1ccc(-c2cc(C(=O)NCCCCC(=O)O)c(=O)[nH]n2)cc1. The molecule has 2 rings (SSSR count). The molecule has 0 fully saturated rings.